The highest BCUT2D eigenvalue weighted by Crippen LogP contribution is 2.32. The molecule has 0 bridgehead atoms. The van der Waals surface area contributed by atoms with Gasteiger partial charge in [-0.3, -0.25) is 4.90 Å². The Morgan fingerprint density at radius 2 is 1.79 bits per heavy atom. The normalized spacial score (nSPS) is 15.9. The first-order chi connectivity index (χ1) is 11.7. The molecule has 0 unspecified atom stereocenters. The number of H-pyrrole nitrogens is 2. The van der Waals surface area contributed by atoms with Crippen LogP contribution in [-0.4, -0.2) is 28.0 Å². The van der Waals surface area contributed by atoms with Gasteiger partial charge in [0.1, 0.15) is 0 Å². The number of imidazole rings is 1. The minimum absolute atomic E-state index is 0.188. The minimum Gasteiger partial charge on any atom is -0.306 e. The molecule has 1 aliphatic rings. The summed E-state index contributed by atoms with van der Waals surface area (Å²) in [5.74, 6) is 0. The van der Waals surface area contributed by atoms with E-state index >= 15 is 0 Å². The van der Waals surface area contributed by atoms with Gasteiger partial charge in [-0.15, -0.1) is 0 Å². The molecular weight excluding hydrogens is 322 g/mol. The third-order valence-electron chi connectivity index (χ3n) is 4.75. The van der Waals surface area contributed by atoms with Crippen LogP contribution >= 0.6 is 11.6 Å². The van der Waals surface area contributed by atoms with Crippen molar-refractivity contribution >= 4 is 22.6 Å². The smallest absolute Gasteiger partial charge is 0.306 e. The number of piperidine rings is 1. The van der Waals surface area contributed by atoms with Gasteiger partial charge in [0, 0.05) is 12.1 Å². The van der Waals surface area contributed by atoms with Gasteiger partial charge in [-0.1, -0.05) is 42.3 Å². The summed E-state index contributed by atoms with van der Waals surface area (Å²) in [4.78, 5) is 19.5. The number of hydrogen-bond donors (Lipinski definition) is 2. The standard InChI is InChI=1S/C19H20ClN3O/c20-18-14(12-23-9-2-1-3-10-23)5-4-6-15(18)13-7-8-16-17(11-13)22-19(24)21-16/h4-8,11H,1-3,9-10,12H2,(H2,21,22,24). The van der Waals surface area contributed by atoms with E-state index in [4.69, 9.17) is 11.6 Å². The SMILES string of the molecule is O=c1[nH]c2ccc(-c3cccc(CN4CCCCC4)c3Cl)cc2[nH]1. The molecule has 0 saturated carbocycles. The Balaban J connectivity index is 1.68. The zero-order chi connectivity index (χ0) is 16.5. The van der Waals surface area contributed by atoms with Crippen molar-refractivity contribution in [1.82, 2.24) is 14.9 Å². The van der Waals surface area contributed by atoms with Crippen LogP contribution in [0.5, 0.6) is 0 Å². The van der Waals surface area contributed by atoms with Crippen LogP contribution in [0.1, 0.15) is 24.8 Å². The lowest BCUT2D eigenvalue weighted by atomic mass is 10.0. The van der Waals surface area contributed by atoms with Gasteiger partial charge in [0.15, 0.2) is 0 Å². The van der Waals surface area contributed by atoms with E-state index in [1.54, 1.807) is 0 Å². The van der Waals surface area contributed by atoms with E-state index in [1.807, 2.05) is 24.3 Å². The number of halogens is 1. The topological polar surface area (TPSA) is 51.9 Å². The molecule has 2 N–H and O–H groups in total. The zero-order valence-corrected chi connectivity index (χ0v) is 14.2. The van der Waals surface area contributed by atoms with Crippen molar-refractivity contribution in [2.45, 2.75) is 25.8 Å². The molecule has 2 heterocycles. The first-order valence-corrected chi connectivity index (χ1v) is 8.81. The average Bonchev–Trinajstić information content (AvgIpc) is 2.97. The molecule has 4 rings (SSSR count). The van der Waals surface area contributed by atoms with Gasteiger partial charge in [-0.25, -0.2) is 4.79 Å². The van der Waals surface area contributed by atoms with Gasteiger partial charge >= 0.3 is 5.69 Å². The molecule has 1 fully saturated rings. The first-order valence-electron chi connectivity index (χ1n) is 8.43. The largest absolute Gasteiger partial charge is 0.323 e. The van der Waals surface area contributed by atoms with E-state index in [2.05, 4.69) is 27.0 Å². The molecule has 0 aliphatic carbocycles. The number of fused-ring (bicyclic) bond motifs is 1. The summed E-state index contributed by atoms with van der Waals surface area (Å²) in [5, 5.41) is 0.806. The number of nitrogens with zero attached hydrogens (tertiary/aromatic N) is 1. The van der Waals surface area contributed by atoms with Gasteiger partial charge < -0.3 is 9.97 Å². The van der Waals surface area contributed by atoms with Crippen LogP contribution in [0.4, 0.5) is 0 Å². The Hall–Kier alpha value is -2.04. The monoisotopic (exact) mass is 341 g/mol. The molecule has 1 saturated heterocycles. The van der Waals surface area contributed by atoms with E-state index in [9.17, 15) is 4.79 Å². The lowest BCUT2D eigenvalue weighted by Crippen LogP contribution is -2.29. The number of nitrogens with one attached hydrogen (secondary N) is 2. The van der Waals surface area contributed by atoms with E-state index in [0.717, 1.165) is 46.8 Å². The molecule has 24 heavy (non-hydrogen) atoms. The van der Waals surface area contributed by atoms with Crippen molar-refractivity contribution in [1.29, 1.82) is 0 Å². The summed E-state index contributed by atoms with van der Waals surface area (Å²) >= 11 is 6.71. The second-order valence-corrected chi connectivity index (χ2v) is 6.83. The van der Waals surface area contributed by atoms with Gasteiger partial charge in [0.05, 0.1) is 16.1 Å². The predicted molar refractivity (Wildman–Crippen MR) is 98.5 cm³/mol. The Morgan fingerprint density at radius 1 is 1.00 bits per heavy atom. The fourth-order valence-corrected chi connectivity index (χ4v) is 3.78. The molecule has 4 nitrogen and oxygen atoms in total. The number of benzene rings is 2. The molecule has 1 aliphatic heterocycles. The van der Waals surface area contributed by atoms with E-state index in [1.165, 1.54) is 24.8 Å². The molecule has 0 amide bonds. The highest BCUT2D eigenvalue weighted by molar-refractivity contribution is 6.34. The molecular formula is C19H20ClN3O. The average molecular weight is 342 g/mol. The number of aromatic amines is 2. The van der Waals surface area contributed by atoms with Gasteiger partial charge in [0.25, 0.3) is 0 Å². The van der Waals surface area contributed by atoms with E-state index in [-0.39, 0.29) is 5.69 Å². The summed E-state index contributed by atoms with van der Waals surface area (Å²) in [7, 11) is 0. The highest BCUT2D eigenvalue weighted by atomic mass is 35.5. The maximum Gasteiger partial charge on any atom is 0.323 e. The third kappa shape index (κ3) is 2.99. The minimum atomic E-state index is -0.188. The molecule has 0 spiro atoms. The molecule has 0 atom stereocenters. The maximum atomic E-state index is 11.4. The van der Waals surface area contributed by atoms with Crippen LogP contribution in [0, 0.1) is 0 Å². The van der Waals surface area contributed by atoms with Gasteiger partial charge in [0.2, 0.25) is 0 Å². The summed E-state index contributed by atoms with van der Waals surface area (Å²) in [6, 6.07) is 12.1. The Morgan fingerprint density at radius 3 is 2.62 bits per heavy atom. The third-order valence-corrected chi connectivity index (χ3v) is 5.19. The second kappa shape index (κ2) is 6.46. The quantitative estimate of drug-likeness (QED) is 0.751. The zero-order valence-electron chi connectivity index (χ0n) is 13.4. The first kappa shape index (κ1) is 15.5. The Bertz CT molecular complexity index is 922. The molecule has 0 radical (unpaired) electrons. The van der Waals surface area contributed by atoms with Gasteiger partial charge in [-0.05, 0) is 49.2 Å². The van der Waals surface area contributed by atoms with Crippen LogP contribution in [0.3, 0.4) is 0 Å². The molecule has 3 aromatic rings. The van der Waals surface area contributed by atoms with Crippen molar-refractivity contribution in [3.8, 4) is 11.1 Å². The fraction of sp³-hybridized carbons (Fsp3) is 0.316. The summed E-state index contributed by atoms with van der Waals surface area (Å²) in [5.41, 5.74) is 4.61. The van der Waals surface area contributed by atoms with Crippen molar-refractivity contribution in [2.24, 2.45) is 0 Å². The van der Waals surface area contributed by atoms with Crippen LogP contribution in [0.25, 0.3) is 22.2 Å². The highest BCUT2D eigenvalue weighted by Gasteiger charge is 2.14. The predicted octanol–water partition coefficient (Wildman–Crippen LogP) is 4.16. The molecule has 1 aromatic heterocycles. The van der Waals surface area contributed by atoms with Crippen molar-refractivity contribution < 1.29 is 0 Å². The Labute approximate surface area is 145 Å². The van der Waals surface area contributed by atoms with Crippen LogP contribution in [0.2, 0.25) is 5.02 Å². The van der Waals surface area contributed by atoms with Crippen LogP contribution in [0.15, 0.2) is 41.2 Å². The maximum absolute atomic E-state index is 11.4. The Kier molecular flexibility index (Phi) is 4.17. The summed E-state index contributed by atoms with van der Waals surface area (Å²) in [6.45, 7) is 3.20. The number of aromatic nitrogens is 2. The summed E-state index contributed by atoms with van der Waals surface area (Å²) < 4.78 is 0. The van der Waals surface area contributed by atoms with Crippen molar-refractivity contribution in [3.63, 3.8) is 0 Å². The second-order valence-electron chi connectivity index (χ2n) is 6.45. The number of hydrogen-bond acceptors (Lipinski definition) is 2. The lowest BCUT2D eigenvalue weighted by Gasteiger charge is -2.27. The molecule has 5 heteroatoms. The van der Waals surface area contributed by atoms with Crippen molar-refractivity contribution in [2.75, 3.05) is 13.1 Å². The van der Waals surface area contributed by atoms with Crippen molar-refractivity contribution in [3.05, 3.63) is 57.5 Å². The van der Waals surface area contributed by atoms with E-state index in [0.29, 0.717) is 0 Å². The fourth-order valence-electron chi connectivity index (χ4n) is 3.48. The summed E-state index contributed by atoms with van der Waals surface area (Å²) in [6.07, 6.45) is 3.88. The van der Waals surface area contributed by atoms with E-state index < -0.39 is 0 Å². The van der Waals surface area contributed by atoms with Crippen LogP contribution in [-0.2, 0) is 6.54 Å². The number of likely N-dealkylation sites (tertiary alicyclic amines) is 1. The van der Waals surface area contributed by atoms with Crippen LogP contribution < -0.4 is 5.69 Å². The number of rotatable bonds is 3. The molecule has 2 aromatic carbocycles. The molecule has 124 valence electrons. The van der Waals surface area contributed by atoms with Gasteiger partial charge in [-0.2, -0.15) is 0 Å². The lowest BCUT2D eigenvalue weighted by molar-refractivity contribution is 0.221.